The molecule has 2 amide bonds. The van der Waals surface area contributed by atoms with Crippen molar-refractivity contribution in [1.29, 1.82) is 0 Å². The number of para-hydroxylation sites is 1. The van der Waals surface area contributed by atoms with Crippen LogP contribution in [-0.2, 0) is 4.79 Å². The number of benzene rings is 2. The molecule has 1 atom stereocenters. The van der Waals surface area contributed by atoms with Crippen molar-refractivity contribution in [2.45, 2.75) is 12.8 Å². The second-order valence-corrected chi connectivity index (χ2v) is 7.13. The lowest BCUT2D eigenvalue weighted by atomic mass is 9.85. The third-order valence-corrected chi connectivity index (χ3v) is 5.30. The lowest BCUT2D eigenvalue weighted by Gasteiger charge is -2.23. The SMILES string of the molecule is Cc1ccc(C2C(=O)Nc3ccccc3-c3c(C(N)=O)nnc4[nH]cc2c34)cc1. The summed E-state index contributed by atoms with van der Waals surface area (Å²) in [5.74, 6) is -1.41. The zero-order valence-electron chi connectivity index (χ0n) is 15.6. The van der Waals surface area contributed by atoms with Crippen molar-refractivity contribution in [1.82, 2.24) is 15.2 Å². The number of anilines is 1. The summed E-state index contributed by atoms with van der Waals surface area (Å²) >= 11 is 0. The summed E-state index contributed by atoms with van der Waals surface area (Å²) in [5.41, 5.74) is 10.7. The lowest BCUT2D eigenvalue weighted by molar-refractivity contribution is -0.116. The molecule has 0 radical (unpaired) electrons. The molecule has 0 fully saturated rings. The quantitative estimate of drug-likeness (QED) is 0.493. The van der Waals surface area contributed by atoms with E-state index >= 15 is 0 Å². The number of hydrogen-bond acceptors (Lipinski definition) is 4. The van der Waals surface area contributed by atoms with Crippen LogP contribution in [0.3, 0.4) is 0 Å². The number of nitrogens with zero attached hydrogens (tertiary/aromatic N) is 2. The fourth-order valence-corrected chi connectivity index (χ4v) is 3.95. The molecule has 29 heavy (non-hydrogen) atoms. The summed E-state index contributed by atoms with van der Waals surface area (Å²) in [6.07, 6.45) is 1.76. The van der Waals surface area contributed by atoms with Gasteiger partial charge < -0.3 is 16.0 Å². The summed E-state index contributed by atoms with van der Waals surface area (Å²) < 4.78 is 0. The molecule has 0 saturated carbocycles. The van der Waals surface area contributed by atoms with E-state index < -0.39 is 11.8 Å². The Labute approximate surface area is 166 Å². The molecule has 142 valence electrons. The van der Waals surface area contributed by atoms with E-state index in [4.69, 9.17) is 5.73 Å². The van der Waals surface area contributed by atoms with Gasteiger partial charge in [0.1, 0.15) is 0 Å². The first-order valence-electron chi connectivity index (χ1n) is 9.19. The number of carbonyl (C=O) groups is 2. The first kappa shape index (κ1) is 17.1. The van der Waals surface area contributed by atoms with Gasteiger partial charge in [-0.15, -0.1) is 10.2 Å². The van der Waals surface area contributed by atoms with Crippen LogP contribution in [0.25, 0.3) is 22.2 Å². The Hall–Kier alpha value is -4.00. The monoisotopic (exact) mass is 383 g/mol. The number of amides is 2. The van der Waals surface area contributed by atoms with E-state index in [9.17, 15) is 9.59 Å². The van der Waals surface area contributed by atoms with Crippen molar-refractivity contribution in [3.8, 4) is 11.1 Å². The zero-order valence-corrected chi connectivity index (χ0v) is 15.6. The Morgan fingerprint density at radius 3 is 2.59 bits per heavy atom. The first-order chi connectivity index (χ1) is 14.0. The highest BCUT2D eigenvalue weighted by atomic mass is 16.2. The highest BCUT2D eigenvalue weighted by molar-refractivity contribution is 6.14. The van der Waals surface area contributed by atoms with E-state index in [-0.39, 0.29) is 11.6 Å². The Bertz CT molecular complexity index is 1290. The number of aromatic nitrogens is 3. The fraction of sp³-hybridized carbons (Fsp3) is 0.0909. The predicted molar refractivity (Wildman–Crippen MR) is 109 cm³/mol. The molecule has 1 unspecified atom stereocenters. The van der Waals surface area contributed by atoms with E-state index in [0.29, 0.717) is 27.8 Å². The van der Waals surface area contributed by atoms with Crippen LogP contribution in [0.5, 0.6) is 0 Å². The number of carbonyl (C=O) groups excluding carboxylic acids is 2. The van der Waals surface area contributed by atoms with Gasteiger partial charge in [-0.2, -0.15) is 0 Å². The number of nitrogens with two attached hydrogens (primary N) is 1. The molecular formula is C22H17N5O2. The maximum atomic E-state index is 13.3. The molecule has 2 aromatic carbocycles. The molecule has 7 nitrogen and oxygen atoms in total. The van der Waals surface area contributed by atoms with Gasteiger partial charge in [0.05, 0.1) is 5.92 Å². The molecular weight excluding hydrogens is 366 g/mol. The Kier molecular flexibility index (Phi) is 3.70. The average molecular weight is 383 g/mol. The lowest BCUT2D eigenvalue weighted by Crippen LogP contribution is -2.24. The van der Waals surface area contributed by atoms with E-state index in [1.807, 2.05) is 49.4 Å². The van der Waals surface area contributed by atoms with Crippen LogP contribution in [0.2, 0.25) is 0 Å². The second kappa shape index (κ2) is 6.27. The van der Waals surface area contributed by atoms with Crippen LogP contribution in [0.4, 0.5) is 5.69 Å². The van der Waals surface area contributed by atoms with Gasteiger partial charge in [0, 0.05) is 28.4 Å². The topological polar surface area (TPSA) is 114 Å². The molecule has 4 N–H and O–H groups in total. The van der Waals surface area contributed by atoms with E-state index in [2.05, 4.69) is 20.5 Å². The van der Waals surface area contributed by atoms with Crippen LogP contribution in [0.1, 0.15) is 33.1 Å². The van der Waals surface area contributed by atoms with Gasteiger partial charge in [0.25, 0.3) is 5.91 Å². The molecule has 0 spiro atoms. The molecule has 0 aliphatic carbocycles. The van der Waals surface area contributed by atoms with E-state index in [0.717, 1.165) is 16.7 Å². The number of H-pyrrole nitrogens is 1. The van der Waals surface area contributed by atoms with Gasteiger partial charge in [-0.1, -0.05) is 48.0 Å². The van der Waals surface area contributed by atoms with Gasteiger partial charge in [0.15, 0.2) is 11.3 Å². The summed E-state index contributed by atoms with van der Waals surface area (Å²) in [7, 11) is 0. The fourth-order valence-electron chi connectivity index (χ4n) is 3.95. The number of nitrogens with one attached hydrogen (secondary N) is 2. The first-order valence-corrected chi connectivity index (χ1v) is 9.19. The number of hydrogen-bond donors (Lipinski definition) is 3. The number of rotatable bonds is 2. The largest absolute Gasteiger partial charge is 0.364 e. The highest BCUT2D eigenvalue weighted by Gasteiger charge is 2.32. The standard InChI is InChI=1S/C22H17N5O2/c1-11-6-8-12(9-7-11)16-14-10-24-21-18(14)17(19(20(23)28)26-27-21)13-4-2-3-5-15(13)25-22(16)29/h2-10,16H,1H3,(H2,23,28)(H,24,27)(H,25,29). The normalized spacial score (nSPS) is 15.3. The summed E-state index contributed by atoms with van der Waals surface area (Å²) in [4.78, 5) is 28.6. The molecule has 2 aromatic heterocycles. The maximum Gasteiger partial charge on any atom is 0.269 e. The van der Waals surface area contributed by atoms with Crippen molar-refractivity contribution in [3.63, 3.8) is 0 Å². The Morgan fingerprint density at radius 2 is 1.83 bits per heavy atom. The molecule has 1 aliphatic rings. The summed E-state index contributed by atoms with van der Waals surface area (Å²) in [6, 6.07) is 15.1. The van der Waals surface area contributed by atoms with Crippen LogP contribution < -0.4 is 11.1 Å². The predicted octanol–water partition coefficient (Wildman–Crippen LogP) is 3.12. The maximum absolute atomic E-state index is 13.3. The summed E-state index contributed by atoms with van der Waals surface area (Å²) in [6.45, 7) is 2.00. The second-order valence-electron chi connectivity index (χ2n) is 7.13. The van der Waals surface area contributed by atoms with Crippen LogP contribution >= 0.6 is 0 Å². The zero-order chi connectivity index (χ0) is 20.1. The molecule has 3 heterocycles. The van der Waals surface area contributed by atoms with Gasteiger partial charge in [-0.25, -0.2) is 0 Å². The molecule has 1 aliphatic heterocycles. The molecule has 0 saturated heterocycles. The van der Waals surface area contributed by atoms with E-state index in [1.165, 1.54) is 0 Å². The number of primary amides is 1. The molecule has 5 rings (SSSR count). The van der Waals surface area contributed by atoms with Crippen LogP contribution in [0, 0.1) is 6.92 Å². The average Bonchev–Trinajstić information content (AvgIpc) is 3.12. The minimum Gasteiger partial charge on any atom is -0.364 e. The third-order valence-electron chi connectivity index (χ3n) is 5.30. The minimum atomic E-state index is -0.671. The van der Waals surface area contributed by atoms with Crippen molar-refractivity contribution in [3.05, 3.63) is 77.1 Å². The van der Waals surface area contributed by atoms with Crippen LogP contribution in [-0.4, -0.2) is 27.0 Å². The molecule has 7 heteroatoms. The Balaban J connectivity index is 1.91. The van der Waals surface area contributed by atoms with Gasteiger partial charge in [-0.05, 0) is 24.1 Å². The van der Waals surface area contributed by atoms with Crippen molar-refractivity contribution in [2.24, 2.45) is 5.73 Å². The van der Waals surface area contributed by atoms with Gasteiger partial charge in [-0.3, -0.25) is 9.59 Å². The van der Waals surface area contributed by atoms with Crippen molar-refractivity contribution >= 4 is 28.5 Å². The molecule has 0 bridgehead atoms. The summed E-state index contributed by atoms with van der Waals surface area (Å²) in [5, 5.41) is 11.9. The number of aryl methyl sites for hydroxylation is 1. The van der Waals surface area contributed by atoms with Crippen molar-refractivity contribution in [2.75, 3.05) is 5.32 Å². The number of aromatic amines is 1. The third kappa shape index (κ3) is 2.59. The smallest absolute Gasteiger partial charge is 0.269 e. The van der Waals surface area contributed by atoms with E-state index in [1.54, 1.807) is 12.3 Å². The molecule has 4 aromatic rings. The highest BCUT2D eigenvalue weighted by Crippen LogP contribution is 2.42. The minimum absolute atomic E-state index is 0.0737. The van der Waals surface area contributed by atoms with Gasteiger partial charge in [0.2, 0.25) is 5.91 Å². The van der Waals surface area contributed by atoms with Crippen LogP contribution in [0.15, 0.2) is 54.7 Å². The van der Waals surface area contributed by atoms with Crippen molar-refractivity contribution < 1.29 is 9.59 Å². The van der Waals surface area contributed by atoms with Gasteiger partial charge >= 0.3 is 0 Å². The Morgan fingerprint density at radius 1 is 1.07 bits per heavy atom. The number of fused-ring (bicyclic) bond motifs is 2.